The maximum atomic E-state index is 11.7. The Morgan fingerprint density at radius 1 is 1.32 bits per heavy atom. The van der Waals surface area contributed by atoms with Crippen molar-refractivity contribution in [2.45, 2.75) is 24.5 Å². The predicted octanol–water partition coefficient (Wildman–Crippen LogP) is -0.916. The van der Waals surface area contributed by atoms with Crippen LogP contribution in [0.4, 0.5) is 5.82 Å². The second-order valence-electron chi connectivity index (χ2n) is 5.66. The zero-order valence-electron chi connectivity index (χ0n) is 13.6. The quantitative estimate of drug-likeness (QED) is 0.203. The Balaban J connectivity index is 1.78. The lowest BCUT2D eigenvalue weighted by molar-refractivity contribution is -0.0479. The molecule has 2 radical (unpaired) electrons. The van der Waals surface area contributed by atoms with Crippen molar-refractivity contribution in [3.8, 4) is 0 Å². The molecule has 5 unspecified atom stereocenters. The first-order valence-corrected chi connectivity index (χ1v) is 10.9. The van der Waals surface area contributed by atoms with E-state index in [-0.39, 0.29) is 22.3 Å². The number of fused-ring (bicyclic) bond motifs is 1. The number of nitrogens with two attached hydrogens (primary N) is 1. The van der Waals surface area contributed by atoms with Gasteiger partial charge in [0.2, 0.25) is 12.8 Å². The van der Waals surface area contributed by atoms with E-state index in [4.69, 9.17) is 39.4 Å². The van der Waals surface area contributed by atoms with Gasteiger partial charge in [-0.25, -0.2) is 13.9 Å². The standard InChI is InChI=1S/C10H13BClN5O9P2/c11-27(20,26-28(21,22)23)24-1-3-5(18)6(19)9(25-3)17-2-14-4-7(13)15-10(12)16-8(4)17/h2-3,5-6,9,18-19H,1H2,(H2,13,15,16)(H2,21,22,23). The molecule has 18 heteroatoms. The van der Waals surface area contributed by atoms with Crippen LogP contribution in [0.2, 0.25) is 5.28 Å². The van der Waals surface area contributed by atoms with Crippen LogP contribution in [-0.4, -0.2) is 72.0 Å². The number of anilines is 1. The molecule has 2 aromatic heterocycles. The third-order valence-electron chi connectivity index (χ3n) is 3.67. The van der Waals surface area contributed by atoms with Crippen molar-refractivity contribution in [1.29, 1.82) is 0 Å². The van der Waals surface area contributed by atoms with Gasteiger partial charge in [-0.05, 0) is 11.6 Å². The maximum Gasteiger partial charge on any atom is 0.476 e. The Morgan fingerprint density at radius 2 is 2.00 bits per heavy atom. The molecule has 0 spiro atoms. The fourth-order valence-corrected chi connectivity index (χ4v) is 4.44. The van der Waals surface area contributed by atoms with Gasteiger partial charge in [0.05, 0.1) is 12.9 Å². The predicted molar refractivity (Wildman–Crippen MR) is 93.1 cm³/mol. The molecule has 0 aliphatic carbocycles. The van der Waals surface area contributed by atoms with Crippen molar-refractivity contribution in [1.82, 2.24) is 19.5 Å². The molecule has 3 rings (SSSR count). The molecule has 1 saturated heterocycles. The van der Waals surface area contributed by atoms with E-state index < -0.39 is 46.4 Å². The average molecular weight is 455 g/mol. The molecule has 152 valence electrons. The molecular formula is C10H13BClN5O9P2. The van der Waals surface area contributed by atoms with Crippen molar-refractivity contribution in [2.24, 2.45) is 0 Å². The van der Waals surface area contributed by atoms with Crippen LogP contribution in [0, 0.1) is 0 Å². The van der Waals surface area contributed by atoms with Crippen molar-refractivity contribution in [3.05, 3.63) is 11.6 Å². The van der Waals surface area contributed by atoms with E-state index in [1.165, 1.54) is 10.9 Å². The summed E-state index contributed by atoms with van der Waals surface area (Å²) in [6.07, 6.45) is -4.35. The van der Waals surface area contributed by atoms with E-state index in [1.54, 1.807) is 0 Å². The molecule has 5 atom stereocenters. The Kier molecular flexibility index (Phi) is 5.87. The molecule has 2 aromatic rings. The highest BCUT2D eigenvalue weighted by Crippen LogP contribution is 2.57. The minimum Gasteiger partial charge on any atom is -0.387 e. The molecule has 6 N–H and O–H groups in total. The summed E-state index contributed by atoms with van der Waals surface area (Å²) in [5, 5.41) is 20.2. The summed E-state index contributed by atoms with van der Waals surface area (Å²) in [6.45, 7) is -0.715. The van der Waals surface area contributed by atoms with Crippen molar-refractivity contribution in [3.63, 3.8) is 0 Å². The monoisotopic (exact) mass is 455 g/mol. The summed E-state index contributed by atoms with van der Waals surface area (Å²) in [4.78, 5) is 29.0. The van der Waals surface area contributed by atoms with Gasteiger partial charge in [0.1, 0.15) is 23.8 Å². The maximum absolute atomic E-state index is 11.7. The SMILES string of the molecule is [B]P(=O)(OCC1OC(n2cnc3c(N)nc(Cl)nc32)C(O)C1O)OP(=O)(O)O. The van der Waals surface area contributed by atoms with E-state index in [0.29, 0.717) is 0 Å². The number of aliphatic hydroxyl groups is 2. The first-order chi connectivity index (χ1) is 12.9. The summed E-state index contributed by atoms with van der Waals surface area (Å²) in [5.74, 6) is -0.0136. The van der Waals surface area contributed by atoms with Gasteiger partial charge in [-0.15, -0.1) is 0 Å². The molecular weight excluding hydrogens is 442 g/mol. The van der Waals surface area contributed by atoms with Gasteiger partial charge in [0.15, 0.2) is 17.7 Å². The number of aliphatic hydroxyl groups excluding tert-OH is 2. The molecule has 0 bridgehead atoms. The number of halogens is 1. The van der Waals surface area contributed by atoms with E-state index in [9.17, 15) is 19.3 Å². The van der Waals surface area contributed by atoms with Crippen molar-refractivity contribution < 1.29 is 42.7 Å². The van der Waals surface area contributed by atoms with Gasteiger partial charge in [-0.1, -0.05) is 0 Å². The fourth-order valence-electron chi connectivity index (χ4n) is 2.54. The van der Waals surface area contributed by atoms with Crippen molar-refractivity contribution >= 4 is 51.4 Å². The van der Waals surface area contributed by atoms with E-state index >= 15 is 0 Å². The summed E-state index contributed by atoms with van der Waals surface area (Å²) < 4.78 is 37.6. The molecule has 0 saturated carbocycles. The van der Waals surface area contributed by atoms with E-state index in [0.717, 1.165) is 0 Å². The van der Waals surface area contributed by atoms with Crippen LogP contribution in [-0.2, 0) is 22.7 Å². The Labute approximate surface area is 162 Å². The minimum absolute atomic E-state index is 0.0136. The van der Waals surface area contributed by atoms with Crippen LogP contribution < -0.4 is 5.73 Å². The van der Waals surface area contributed by atoms with Crippen LogP contribution in [0.5, 0.6) is 0 Å². The lowest BCUT2D eigenvalue weighted by atomic mass is 10.1. The molecule has 0 amide bonds. The Bertz CT molecular complexity index is 988. The van der Waals surface area contributed by atoms with Gasteiger partial charge in [-0.3, -0.25) is 9.13 Å². The number of imidazole rings is 1. The lowest BCUT2D eigenvalue weighted by Gasteiger charge is -2.19. The van der Waals surface area contributed by atoms with Gasteiger partial charge >= 0.3 is 7.82 Å². The number of nitrogen functional groups attached to an aromatic ring is 1. The second kappa shape index (κ2) is 7.61. The minimum atomic E-state index is -5.18. The number of rotatable bonds is 6. The van der Waals surface area contributed by atoms with Crippen molar-refractivity contribution in [2.75, 3.05) is 12.3 Å². The number of hydrogen-bond donors (Lipinski definition) is 5. The van der Waals surface area contributed by atoms with Crippen LogP contribution in [0.15, 0.2) is 6.33 Å². The summed E-state index contributed by atoms with van der Waals surface area (Å²) in [5.41, 5.74) is 5.99. The second-order valence-corrected chi connectivity index (χ2v) is 8.97. The summed E-state index contributed by atoms with van der Waals surface area (Å²) in [6, 6.07) is 0. The number of hydrogen-bond acceptors (Lipinski definition) is 11. The average Bonchev–Trinajstić information content (AvgIpc) is 3.06. The van der Waals surface area contributed by atoms with Crippen LogP contribution in [0.1, 0.15) is 6.23 Å². The van der Waals surface area contributed by atoms with Crippen LogP contribution in [0.25, 0.3) is 11.2 Å². The zero-order chi connectivity index (χ0) is 20.9. The molecule has 1 fully saturated rings. The van der Waals surface area contributed by atoms with Crippen LogP contribution in [0.3, 0.4) is 0 Å². The summed E-state index contributed by atoms with van der Waals surface area (Å²) in [7, 11) is -4.78. The van der Waals surface area contributed by atoms with Gasteiger partial charge in [-0.2, -0.15) is 9.97 Å². The third-order valence-corrected chi connectivity index (χ3v) is 6.11. The first kappa shape index (κ1) is 21.6. The van der Waals surface area contributed by atoms with E-state index in [1.807, 2.05) is 0 Å². The highest BCUT2D eigenvalue weighted by molar-refractivity contribution is 7.83. The number of nitrogens with zero attached hydrogens (tertiary/aromatic N) is 4. The molecule has 14 nitrogen and oxygen atoms in total. The normalized spacial score (nSPS) is 27.9. The zero-order valence-corrected chi connectivity index (χ0v) is 16.2. The van der Waals surface area contributed by atoms with Gasteiger partial charge in [0.25, 0.3) is 7.47 Å². The highest BCUT2D eigenvalue weighted by atomic mass is 35.5. The first-order valence-electron chi connectivity index (χ1n) is 7.35. The molecule has 1 aliphatic heterocycles. The lowest BCUT2D eigenvalue weighted by Crippen LogP contribution is -2.33. The molecule has 28 heavy (non-hydrogen) atoms. The van der Waals surface area contributed by atoms with E-state index in [2.05, 4.69) is 23.8 Å². The summed E-state index contributed by atoms with van der Waals surface area (Å²) >= 11 is 5.77. The van der Waals surface area contributed by atoms with Gasteiger partial charge < -0.3 is 35.0 Å². The third kappa shape index (κ3) is 4.55. The number of phosphoric acid groups is 1. The van der Waals surface area contributed by atoms with Gasteiger partial charge in [0, 0.05) is 0 Å². The fraction of sp³-hybridized carbons (Fsp3) is 0.500. The molecule has 3 heterocycles. The topological polar surface area (TPSA) is 212 Å². The Morgan fingerprint density at radius 3 is 2.64 bits per heavy atom. The molecule has 0 aromatic carbocycles. The Hall–Kier alpha value is -1.12. The largest absolute Gasteiger partial charge is 0.476 e. The number of aromatic nitrogens is 4. The smallest absolute Gasteiger partial charge is 0.387 e. The highest BCUT2D eigenvalue weighted by Gasteiger charge is 2.45. The number of ether oxygens (including phenoxy) is 1. The molecule has 1 aliphatic rings. The van der Waals surface area contributed by atoms with Crippen LogP contribution >= 0.6 is 26.9 Å².